The second-order valence-electron chi connectivity index (χ2n) is 7.66. The van der Waals surface area contributed by atoms with Crippen molar-refractivity contribution < 1.29 is 9.53 Å². The van der Waals surface area contributed by atoms with Gasteiger partial charge in [-0.05, 0) is 48.9 Å². The van der Waals surface area contributed by atoms with Crippen molar-refractivity contribution in [2.45, 2.75) is 43.2 Å². The number of benzene rings is 2. The Hall–Kier alpha value is -1.75. The molecule has 28 heavy (non-hydrogen) atoms. The number of halogens is 2. The van der Waals surface area contributed by atoms with Gasteiger partial charge in [0.15, 0.2) is 0 Å². The Labute approximate surface area is 177 Å². The van der Waals surface area contributed by atoms with Crippen LogP contribution in [-0.4, -0.2) is 30.1 Å². The Morgan fingerprint density at radius 2 is 1.82 bits per heavy atom. The molecule has 4 rings (SSSR count). The second kappa shape index (κ2) is 8.73. The quantitative estimate of drug-likeness (QED) is 0.748. The molecule has 4 nitrogen and oxygen atoms in total. The minimum atomic E-state index is -0.197. The highest BCUT2D eigenvalue weighted by atomic mass is 35.5. The van der Waals surface area contributed by atoms with Gasteiger partial charge in [0.2, 0.25) is 0 Å². The molecule has 2 fully saturated rings. The number of rotatable bonds is 4. The van der Waals surface area contributed by atoms with Crippen LogP contribution in [0.4, 0.5) is 4.79 Å². The minimum absolute atomic E-state index is 0. The number of nitrogens with two attached hydrogens (primary N) is 1. The largest absolute Gasteiger partial charge is 0.439 e. The number of ether oxygens (including phenoxy) is 1. The molecule has 0 spiro atoms. The summed E-state index contributed by atoms with van der Waals surface area (Å²) >= 11 is 6.20. The molecule has 1 atom stereocenters. The zero-order valence-electron chi connectivity index (χ0n) is 15.7. The van der Waals surface area contributed by atoms with E-state index in [9.17, 15) is 4.79 Å². The van der Waals surface area contributed by atoms with Crippen LogP contribution < -0.4 is 5.73 Å². The van der Waals surface area contributed by atoms with Gasteiger partial charge < -0.3 is 15.4 Å². The van der Waals surface area contributed by atoms with Crippen LogP contribution >= 0.6 is 24.0 Å². The fraction of sp³-hybridized carbons (Fsp3) is 0.409. The second-order valence-corrected chi connectivity index (χ2v) is 8.10. The molecule has 1 saturated carbocycles. The van der Waals surface area contributed by atoms with E-state index in [1.807, 2.05) is 53.4 Å². The third-order valence-corrected chi connectivity index (χ3v) is 6.43. The smallest absolute Gasteiger partial charge is 0.410 e. The van der Waals surface area contributed by atoms with Gasteiger partial charge in [0, 0.05) is 23.0 Å². The normalized spacial score (nSPS) is 27.2. The molecule has 1 saturated heterocycles. The van der Waals surface area contributed by atoms with E-state index in [4.69, 9.17) is 22.1 Å². The van der Waals surface area contributed by atoms with Gasteiger partial charge >= 0.3 is 6.09 Å². The van der Waals surface area contributed by atoms with Crippen molar-refractivity contribution in [2.75, 3.05) is 13.1 Å². The Morgan fingerprint density at radius 3 is 2.46 bits per heavy atom. The highest BCUT2D eigenvalue weighted by Crippen LogP contribution is 2.42. The van der Waals surface area contributed by atoms with Gasteiger partial charge in [0.1, 0.15) is 6.10 Å². The third-order valence-electron chi connectivity index (χ3n) is 6.19. The molecule has 2 aromatic carbocycles. The molecule has 150 valence electrons. The van der Waals surface area contributed by atoms with E-state index >= 15 is 0 Å². The first-order valence-electron chi connectivity index (χ1n) is 9.60. The third kappa shape index (κ3) is 4.00. The first-order chi connectivity index (χ1) is 13.1. The first kappa shape index (κ1) is 21.0. The summed E-state index contributed by atoms with van der Waals surface area (Å²) in [7, 11) is 0. The Kier molecular flexibility index (Phi) is 6.54. The molecule has 1 heterocycles. The predicted octanol–water partition coefficient (Wildman–Crippen LogP) is 5.09. The summed E-state index contributed by atoms with van der Waals surface area (Å²) in [6.45, 7) is 1.22. The number of hydrogen-bond donors (Lipinski definition) is 1. The van der Waals surface area contributed by atoms with Gasteiger partial charge in [-0.25, -0.2) is 4.79 Å². The molecule has 6 heteroatoms. The molecule has 1 aliphatic heterocycles. The molecule has 2 aliphatic rings. The van der Waals surface area contributed by atoms with Crippen LogP contribution in [0.1, 0.15) is 42.9 Å². The number of hydrogen-bond acceptors (Lipinski definition) is 3. The van der Waals surface area contributed by atoms with E-state index in [0.717, 1.165) is 36.3 Å². The fourth-order valence-electron chi connectivity index (χ4n) is 4.51. The monoisotopic (exact) mass is 420 g/mol. The van der Waals surface area contributed by atoms with Crippen LogP contribution in [0.25, 0.3) is 0 Å². The van der Waals surface area contributed by atoms with E-state index < -0.39 is 0 Å². The lowest BCUT2D eigenvalue weighted by Crippen LogP contribution is -2.45. The maximum absolute atomic E-state index is 12.5. The molecule has 0 aromatic heterocycles. The zero-order chi connectivity index (χ0) is 18.9. The summed E-state index contributed by atoms with van der Waals surface area (Å²) in [4.78, 5) is 14.4. The van der Waals surface area contributed by atoms with Gasteiger partial charge in [-0.3, -0.25) is 0 Å². The highest BCUT2D eigenvalue weighted by Gasteiger charge is 2.42. The van der Waals surface area contributed by atoms with Crippen LogP contribution in [0.5, 0.6) is 0 Å². The first-order valence-corrected chi connectivity index (χ1v) is 9.97. The fourth-order valence-corrected chi connectivity index (χ4v) is 4.71. The summed E-state index contributed by atoms with van der Waals surface area (Å²) in [6, 6.07) is 18.2. The number of cyclic esters (lactones) is 1. The minimum Gasteiger partial charge on any atom is -0.439 e. The number of carbonyl (C=O) groups excluding carboxylic acids is 1. The molecule has 0 bridgehead atoms. The highest BCUT2D eigenvalue weighted by molar-refractivity contribution is 6.30. The number of nitrogens with zero attached hydrogens (tertiary/aromatic N) is 1. The standard InChI is InChI=1S/C22H25ClN2O2.ClH/c23-18-8-4-7-17(13-18)22(15-24)11-9-19(10-12-22)25-14-20(27-21(25)26)16-5-2-1-3-6-16;/h1-8,13,19-20H,9-12,14-15,24H2;1H/t19-,20-,22-;/m1./s1. The van der Waals surface area contributed by atoms with Gasteiger partial charge in [-0.1, -0.05) is 54.1 Å². The number of amides is 1. The lowest BCUT2D eigenvalue weighted by Gasteiger charge is -2.42. The van der Waals surface area contributed by atoms with Gasteiger partial charge in [-0.15, -0.1) is 12.4 Å². The topological polar surface area (TPSA) is 55.6 Å². The average Bonchev–Trinajstić information content (AvgIpc) is 3.10. The molecule has 2 aromatic rings. The Bertz CT molecular complexity index is 807. The lowest BCUT2D eigenvalue weighted by molar-refractivity contribution is 0.117. The van der Waals surface area contributed by atoms with Crippen molar-refractivity contribution in [3.63, 3.8) is 0 Å². The molecule has 0 unspecified atom stereocenters. The molecule has 2 N–H and O–H groups in total. The van der Waals surface area contributed by atoms with Crippen molar-refractivity contribution in [1.29, 1.82) is 0 Å². The van der Waals surface area contributed by atoms with Gasteiger partial charge in [0.05, 0.1) is 6.54 Å². The molecular formula is C22H26Cl2N2O2. The van der Waals surface area contributed by atoms with Crippen LogP contribution in [0.2, 0.25) is 5.02 Å². The summed E-state index contributed by atoms with van der Waals surface area (Å²) in [5, 5.41) is 0.747. The molecule has 1 amide bonds. The van der Waals surface area contributed by atoms with E-state index in [0.29, 0.717) is 13.1 Å². The van der Waals surface area contributed by atoms with Crippen molar-refractivity contribution >= 4 is 30.1 Å². The van der Waals surface area contributed by atoms with Crippen molar-refractivity contribution in [3.8, 4) is 0 Å². The van der Waals surface area contributed by atoms with Crippen LogP contribution in [0.15, 0.2) is 54.6 Å². The van der Waals surface area contributed by atoms with Crippen molar-refractivity contribution in [2.24, 2.45) is 5.73 Å². The molecule has 0 radical (unpaired) electrons. The molecule has 1 aliphatic carbocycles. The van der Waals surface area contributed by atoms with Gasteiger partial charge in [-0.2, -0.15) is 0 Å². The van der Waals surface area contributed by atoms with Gasteiger partial charge in [0.25, 0.3) is 0 Å². The predicted molar refractivity (Wildman–Crippen MR) is 114 cm³/mol. The Balaban J connectivity index is 0.00000225. The Morgan fingerprint density at radius 1 is 1.11 bits per heavy atom. The number of carbonyl (C=O) groups is 1. The lowest BCUT2D eigenvalue weighted by atomic mass is 9.68. The van der Waals surface area contributed by atoms with Crippen LogP contribution in [0.3, 0.4) is 0 Å². The maximum atomic E-state index is 12.5. The molecular weight excluding hydrogens is 395 g/mol. The summed E-state index contributed by atoms with van der Waals surface area (Å²) in [5.74, 6) is 0. The van der Waals surface area contributed by atoms with Crippen LogP contribution in [0, 0.1) is 0 Å². The van der Waals surface area contributed by atoms with E-state index in [1.54, 1.807) is 0 Å². The maximum Gasteiger partial charge on any atom is 0.410 e. The van der Waals surface area contributed by atoms with Crippen molar-refractivity contribution in [1.82, 2.24) is 4.90 Å². The van der Waals surface area contributed by atoms with E-state index in [2.05, 4.69) is 6.07 Å². The average molecular weight is 421 g/mol. The summed E-state index contributed by atoms with van der Waals surface area (Å²) in [6.07, 6.45) is 3.40. The van der Waals surface area contributed by atoms with Crippen molar-refractivity contribution in [3.05, 3.63) is 70.7 Å². The van der Waals surface area contributed by atoms with E-state index in [-0.39, 0.29) is 36.1 Å². The summed E-state index contributed by atoms with van der Waals surface area (Å²) < 4.78 is 5.64. The van der Waals surface area contributed by atoms with E-state index in [1.165, 1.54) is 5.56 Å². The summed E-state index contributed by atoms with van der Waals surface area (Å²) in [5.41, 5.74) is 8.41. The van der Waals surface area contributed by atoms with Crippen LogP contribution in [-0.2, 0) is 10.2 Å². The zero-order valence-corrected chi connectivity index (χ0v) is 17.3. The SMILES string of the molecule is Cl.NC[C@]1(c2cccc(Cl)c2)CC[C@H](N2C[C@H](c3ccccc3)OC2=O)CC1.